The number of esters is 1. The number of hydrogen-bond donors (Lipinski definition) is 1. The SMILES string of the molecule is CCOC(=O)c1nn(-c2ccc(F)cc2)c(=O)c2c(NC(=O)c3ccc(OC)cc3OC)scc12. The lowest BCUT2D eigenvalue weighted by molar-refractivity contribution is 0.0520. The minimum atomic E-state index is -0.735. The number of anilines is 1. The Kier molecular flexibility index (Phi) is 6.78. The second-order valence-electron chi connectivity index (χ2n) is 7.14. The molecule has 35 heavy (non-hydrogen) atoms. The van der Waals surface area contributed by atoms with E-state index in [0.29, 0.717) is 5.75 Å². The molecule has 2 heterocycles. The van der Waals surface area contributed by atoms with Gasteiger partial charge in [0.05, 0.1) is 37.5 Å². The predicted molar refractivity (Wildman–Crippen MR) is 129 cm³/mol. The summed E-state index contributed by atoms with van der Waals surface area (Å²) in [5.41, 5.74) is -0.250. The first-order chi connectivity index (χ1) is 16.9. The number of fused-ring (bicyclic) bond motifs is 1. The average Bonchev–Trinajstić information content (AvgIpc) is 3.28. The van der Waals surface area contributed by atoms with Gasteiger partial charge < -0.3 is 19.5 Å². The quantitative estimate of drug-likeness (QED) is 0.384. The number of rotatable bonds is 7. The van der Waals surface area contributed by atoms with Crippen LogP contribution in [0.25, 0.3) is 16.5 Å². The summed E-state index contributed by atoms with van der Waals surface area (Å²) in [6, 6.07) is 9.76. The van der Waals surface area contributed by atoms with Crippen molar-refractivity contribution in [1.29, 1.82) is 0 Å². The third-order valence-corrected chi connectivity index (χ3v) is 5.97. The molecule has 1 amide bonds. The number of methoxy groups -OCH3 is 2. The maximum absolute atomic E-state index is 13.4. The molecule has 0 spiro atoms. The van der Waals surface area contributed by atoms with Gasteiger partial charge in [0, 0.05) is 16.8 Å². The Morgan fingerprint density at radius 3 is 2.51 bits per heavy atom. The predicted octanol–water partition coefficient (Wildman–Crippen LogP) is 4.03. The van der Waals surface area contributed by atoms with Gasteiger partial charge in [0.2, 0.25) is 0 Å². The highest BCUT2D eigenvalue weighted by Crippen LogP contribution is 2.32. The van der Waals surface area contributed by atoms with Crippen LogP contribution in [-0.2, 0) is 4.74 Å². The van der Waals surface area contributed by atoms with Crippen LogP contribution in [0.4, 0.5) is 9.39 Å². The van der Waals surface area contributed by atoms with Crippen molar-refractivity contribution in [2.75, 3.05) is 26.1 Å². The van der Waals surface area contributed by atoms with Crippen molar-refractivity contribution < 1.29 is 28.2 Å². The van der Waals surface area contributed by atoms with E-state index in [4.69, 9.17) is 14.2 Å². The van der Waals surface area contributed by atoms with Crippen molar-refractivity contribution in [3.8, 4) is 17.2 Å². The number of carbonyl (C=O) groups is 2. The van der Waals surface area contributed by atoms with Crippen LogP contribution in [0.2, 0.25) is 0 Å². The number of ether oxygens (including phenoxy) is 3. The molecule has 9 nitrogen and oxygen atoms in total. The first kappa shape index (κ1) is 23.9. The number of nitrogens with one attached hydrogen (secondary N) is 1. The third kappa shape index (κ3) is 4.58. The second-order valence-corrected chi connectivity index (χ2v) is 8.02. The molecule has 0 aliphatic carbocycles. The lowest BCUT2D eigenvalue weighted by Gasteiger charge is -2.11. The van der Waals surface area contributed by atoms with Gasteiger partial charge in [0.25, 0.3) is 11.5 Å². The van der Waals surface area contributed by atoms with E-state index in [1.165, 1.54) is 44.6 Å². The number of halogens is 1. The van der Waals surface area contributed by atoms with E-state index < -0.39 is 23.3 Å². The van der Waals surface area contributed by atoms with E-state index in [2.05, 4.69) is 10.4 Å². The average molecular weight is 498 g/mol. The Labute approximate surface area is 202 Å². The molecule has 0 bridgehead atoms. The molecule has 11 heteroatoms. The maximum atomic E-state index is 13.4. The van der Waals surface area contributed by atoms with Crippen molar-refractivity contribution in [3.63, 3.8) is 0 Å². The van der Waals surface area contributed by atoms with Gasteiger partial charge in [-0.3, -0.25) is 9.59 Å². The largest absolute Gasteiger partial charge is 0.497 e. The van der Waals surface area contributed by atoms with Gasteiger partial charge >= 0.3 is 5.97 Å². The summed E-state index contributed by atoms with van der Waals surface area (Å²) >= 11 is 1.06. The topological polar surface area (TPSA) is 109 Å². The summed E-state index contributed by atoms with van der Waals surface area (Å²) in [6.07, 6.45) is 0. The molecule has 4 aromatic rings. The Hall–Kier alpha value is -4.25. The van der Waals surface area contributed by atoms with Crippen molar-refractivity contribution in [2.24, 2.45) is 0 Å². The first-order valence-corrected chi connectivity index (χ1v) is 11.3. The zero-order chi connectivity index (χ0) is 25.1. The highest BCUT2D eigenvalue weighted by molar-refractivity contribution is 7.16. The fourth-order valence-electron chi connectivity index (χ4n) is 3.41. The summed E-state index contributed by atoms with van der Waals surface area (Å²) in [6.45, 7) is 1.75. The molecule has 2 aromatic heterocycles. The van der Waals surface area contributed by atoms with Crippen molar-refractivity contribution >= 4 is 39.0 Å². The molecule has 2 aromatic carbocycles. The van der Waals surface area contributed by atoms with Crippen LogP contribution in [0.1, 0.15) is 27.8 Å². The Bertz CT molecular complexity index is 1480. The van der Waals surface area contributed by atoms with Gasteiger partial charge in [-0.25, -0.2) is 9.18 Å². The normalized spacial score (nSPS) is 10.7. The molecule has 180 valence electrons. The van der Waals surface area contributed by atoms with Gasteiger partial charge in [-0.05, 0) is 43.3 Å². The van der Waals surface area contributed by atoms with Crippen molar-refractivity contribution in [1.82, 2.24) is 9.78 Å². The molecule has 0 aliphatic rings. The summed E-state index contributed by atoms with van der Waals surface area (Å²) in [5.74, 6) is -0.977. The zero-order valence-electron chi connectivity index (χ0n) is 19.0. The van der Waals surface area contributed by atoms with Crippen LogP contribution in [0.15, 0.2) is 52.6 Å². The number of aromatic nitrogens is 2. The van der Waals surface area contributed by atoms with Gasteiger partial charge in [-0.2, -0.15) is 9.78 Å². The monoisotopic (exact) mass is 497 g/mol. The Morgan fingerprint density at radius 1 is 1.11 bits per heavy atom. The van der Waals surface area contributed by atoms with Crippen LogP contribution in [0.3, 0.4) is 0 Å². The van der Waals surface area contributed by atoms with Crippen LogP contribution in [0.5, 0.6) is 11.5 Å². The molecule has 1 N–H and O–H groups in total. The minimum absolute atomic E-state index is 0.0678. The number of benzene rings is 2. The van der Waals surface area contributed by atoms with Crippen molar-refractivity contribution in [2.45, 2.75) is 6.92 Å². The summed E-state index contributed by atoms with van der Waals surface area (Å²) in [5, 5.41) is 8.96. The molecule has 0 saturated heterocycles. The number of carbonyl (C=O) groups excluding carboxylic acids is 2. The summed E-state index contributed by atoms with van der Waals surface area (Å²) in [4.78, 5) is 39.1. The second kappa shape index (κ2) is 9.94. The summed E-state index contributed by atoms with van der Waals surface area (Å²) in [7, 11) is 2.92. The molecule has 0 aliphatic heterocycles. The maximum Gasteiger partial charge on any atom is 0.359 e. The number of nitrogens with zero attached hydrogens (tertiary/aromatic N) is 2. The molecule has 0 atom stereocenters. The highest BCUT2D eigenvalue weighted by Gasteiger charge is 2.24. The van der Waals surface area contributed by atoms with Crippen LogP contribution in [0, 0.1) is 5.82 Å². The molecular formula is C24H20FN3O6S. The molecule has 4 rings (SSSR count). The van der Waals surface area contributed by atoms with Gasteiger partial charge in [0.1, 0.15) is 22.3 Å². The Morgan fingerprint density at radius 2 is 1.86 bits per heavy atom. The smallest absolute Gasteiger partial charge is 0.359 e. The van der Waals surface area contributed by atoms with Gasteiger partial charge in [-0.15, -0.1) is 11.3 Å². The van der Waals surface area contributed by atoms with E-state index >= 15 is 0 Å². The van der Waals surface area contributed by atoms with E-state index in [0.717, 1.165) is 16.0 Å². The third-order valence-electron chi connectivity index (χ3n) is 5.07. The van der Waals surface area contributed by atoms with Crippen molar-refractivity contribution in [3.05, 3.63) is 75.3 Å². The van der Waals surface area contributed by atoms with Gasteiger partial charge in [0.15, 0.2) is 5.69 Å². The molecule has 0 fully saturated rings. The first-order valence-electron chi connectivity index (χ1n) is 10.4. The standard InChI is InChI=1S/C24H20FN3O6S/c1-4-34-24(31)20-17-12-35-22(26-21(29)16-10-9-15(32-2)11-18(16)33-3)19(17)23(30)28(27-20)14-7-5-13(25)6-8-14/h5-12H,4H2,1-3H3,(H,26,29). The molecule has 0 radical (unpaired) electrons. The fraction of sp³-hybridized carbons (Fsp3) is 0.167. The minimum Gasteiger partial charge on any atom is -0.497 e. The number of amides is 1. The van der Waals surface area contributed by atoms with E-state index in [9.17, 15) is 18.8 Å². The lowest BCUT2D eigenvalue weighted by atomic mass is 10.1. The van der Waals surface area contributed by atoms with E-state index in [1.807, 2.05) is 0 Å². The van der Waals surface area contributed by atoms with Crippen LogP contribution in [-0.4, -0.2) is 42.5 Å². The molecular weight excluding hydrogens is 477 g/mol. The van der Waals surface area contributed by atoms with Gasteiger partial charge in [-0.1, -0.05) is 0 Å². The van der Waals surface area contributed by atoms with Crippen LogP contribution < -0.4 is 20.3 Å². The number of hydrogen-bond acceptors (Lipinski definition) is 8. The van der Waals surface area contributed by atoms with Crippen LogP contribution >= 0.6 is 11.3 Å². The van der Waals surface area contributed by atoms with E-state index in [1.54, 1.807) is 24.4 Å². The Balaban J connectivity index is 1.85. The molecule has 0 unspecified atom stereocenters. The summed E-state index contributed by atoms with van der Waals surface area (Å²) < 4.78 is 30.0. The van der Waals surface area contributed by atoms with E-state index in [-0.39, 0.29) is 45.1 Å². The highest BCUT2D eigenvalue weighted by atomic mass is 32.1. The molecule has 0 saturated carbocycles. The lowest BCUT2D eigenvalue weighted by Crippen LogP contribution is -2.25. The fourth-order valence-corrected chi connectivity index (χ4v) is 4.34. The zero-order valence-corrected chi connectivity index (χ0v) is 19.8. The number of thiophene rings is 1.